The Bertz CT molecular complexity index is 526. The average Bonchev–Trinajstić information content (AvgIpc) is 2.38. The van der Waals surface area contributed by atoms with Gasteiger partial charge in [-0.1, -0.05) is 18.2 Å². The molecule has 0 aliphatic rings. The van der Waals surface area contributed by atoms with Crippen LogP contribution in [0.3, 0.4) is 0 Å². The molecule has 1 aromatic carbocycles. The summed E-state index contributed by atoms with van der Waals surface area (Å²) in [5.74, 6) is -1.55. The highest BCUT2D eigenvalue weighted by Gasteiger charge is 2.17. The molecule has 20 heavy (non-hydrogen) atoms. The van der Waals surface area contributed by atoms with E-state index in [1.807, 2.05) is 0 Å². The molecule has 6 heteroatoms. The molecule has 1 N–H and O–H groups in total. The zero-order chi connectivity index (χ0) is 15.3. The quantitative estimate of drug-likeness (QED) is 0.849. The van der Waals surface area contributed by atoms with E-state index in [1.165, 1.54) is 22.9 Å². The summed E-state index contributed by atoms with van der Waals surface area (Å²) in [7, 11) is 4.74. The Labute approximate surface area is 117 Å². The van der Waals surface area contributed by atoms with Crippen molar-refractivity contribution in [1.29, 1.82) is 0 Å². The van der Waals surface area contributed by atoms with Gasteiger partial charge in [-0.3, -0.25) is 9.59 Å². The average molecular weight is 278 g/mol. The number of aromatic carboxylic acids is 1. The molecule has 0 heterocycles. The number of likely N-dealkylation sites (N-methyl/N-ethyl adjacent to an activating group) is 2. The molecule has 1 rings (SSSR count). The number of carbonyl (C=O) groups excluding carboxylic acids is 2. The number of carbonyl (C=O) groups is 3. The molecular formula is C14H18N2O4. The predicted molar refractivity (Wildman–Crippen MR) is 73.4 cm³/mol. The Hall–Kier alpha value is -2.37. The van der Waals surface area contributed by atoms with Crippen LogP contribution in [-0.2, 0) is 16.0 Å². The predicted octanol–water partition coefficient (Wildman–Crippen LogP) is 0.474. The topological polar surface area (TPSA) is 77.9 Å². The number of carboxylic acids is 1. The lowest BCUT2D eigenvalue weighted by Gasteiger charge is -2.19. The van der Waals surface area contributed by atoms with Gasteiger partial charge in [0.25, 0.3) is 0 Å². The van der Waals surface area contributed by atoms with Crippen molar-refractivity contribution < 1.29 is 19.5 Å². The molecule has 0 aromatic heterocycles. The molecule has 0 radical (unpaired) electrons. The number of hydrogen-bond acceptors (Lipinski definition) is 3. The Balaban J connectivity index is 2.76. The van der Waals surface area contributed by atoms with Gasteiger partial charge in [0.05, 0.1) is 18.5 Å². The van der Waals surface area contributed by atoms with Gasteiger partial charge in [0, 0.05) is 21.1 Å². The molecule has 0 spiro atoms. The van der Waals surface area contributed by atoms with Crippen LogP contribution in [0.5, 0.6) is 0 Å². The Morgan fingerprint density at radius 1 is 1.05 bits per heavy atom. The number of rotatable bonds is 5. The van der Waals surface area contributed by atoms with Gasteiger partial charge in [-0.05, 0) is 11.6 Å². The van der Waals surface area contributed by atoms with Gasteiger partial charge in [0.15, 0.2) is 0 Å². The zero-order valence-electron chi connectivity index (χ0n) is 11.8. The van der Waals surface area contributed by atoms with Gasteiger partial charge < -0.3 is 14.9 Å². The van der Waals surface area contributed by atoms with Crippen molar-refractivity contribution >= 4 is 17.8 Å². The van der Waals surface area contributed by atoms with E-state index in [1.54, 1.807) is 32.3 Å². The number of hydrogen-bond donors (Lipinski definition) is 1. The van der Waals surface area contributed by atoms with Crippen LogP contribution >= 0.6 is 0 Å². The summed E-state index contributed by atoms with van der Waals surface area (Å²) < 4.78 is 0. The fraction of sp³-hybridized carbons (Fsp3) is 0.357. The number of carboxylic acid groups (broad SMARTS) is 1. The highest BCUT2D eigenvalue weighted by atomic mass is 16.4. The molecule has 6 nitrogen and oxygen atoms in total. The van der Waals surface area contributed by atoms with E-state index in [4.69, 9.17) is 5.11 Å². The largest absolute Gasteiger partial charge is 0.478 e. The second-order valence-electron chi connectivity index (χ2n) is 4.68. The van der Waals surface area contributed by atoms with Crippen molar-refractivity contribution in [3.8, 4) is 0 Å². The van der Waals surface area contributed by atoms with Gasteiger partial charge in [-0.2, -0.15) is 0 Å². The van der Waals surface area contributed by atoms with Gasteiger partial charge in [0.2, 0.25) is 11.8 Å². The SMILES string of the molecule is CN(C)C(=O)CN(C)C(=O)Cc1ccccc1C(=O)O. The van der Waals surface area contributed by atoms with E-state index >= 15 is 0 Å². The third-order valence-corrected chi connectivity index (χ3v) is 2.89. The number of amides is 2. The maximum absolute atomic E-state index is 12.0. The van der Waals surface area contributed by atoms with Crippen LogP contribution in [0.1, 0.15) is 15.9 Å². The lowest BCUT2D eigenvalue weighted by atomic mass is 10.0. The second kappa shape index (κ2) is 6.70. The summed E-state index contributed by atoms with van der Waals surface area (Å²) >= 11 is 0. The van der Waals surface area contributed by atoms with Crippen LogP contribution < -0.4 is 0 Å². The second-order valence-corrected chi connectivity index (χ2v) is 4.68. The summed E-state index contributed by atoms with van der Waals surface area (Å²) in [4.78, 5) is 37.3. The normalized spacial score (nSPS) is 9.95. The van der Waals surface area contributed by atoms with Crippen LogP contribution in [0.25, 0.3) is 0 Å². The molecule has 0 aliphatic carbocycles. The fourth-order valence-electron chi connectivity index (χ4n) is 1.61. The molecular weight excluding hydrogens is 260 g/mol. The molecule has 108 valence electrons. The minimum absolute atomic E-state index is 0.0267. The van der Waals surface area contributed by atoms with Crippen LogP contribution in [0, 0.1) is 0 Å². The van der Waals surface area contributed by atoms with Crippen LogP contribution in [0.4, 0.5) is 0 Å². The third kappa shape index (κ3) is 4.08. The lowest BCUT2D eigenvalue weighted by molar-refractivity contribution is -0.137. The third-order valence-electron chi connectivity index (χ3n) is 2.89. The van der Waals surface area contributed by atoms with E-state index in [0.29, 0.717) is 5.56 Å². The van der Waals surface area contributed by atoms with E-state index in [9.17, 15) is 14.4 Å². The Morgan fingerprint density at radius 2 is 1.65 bits per heavy atom. The van der Waals surface area contributed by atoms with Crippen LogP contribution in [0.15, 0.2) is 24.3 Å². The molecule has 0 atom stereocenters. The van der Waals surface area contributed by atoms with Crippen molar-refractivity contribution in [2.45, 2.75) is 6.42 Å². The Kier molecular flexibility index (Phi) is 5.25. The molecule has 0 saturated heterocycles. The first-order valence-electron chi connectivity index (χ1n) is 6.08. The molecule has 0 bridgehead atoms. The molecule has 0 aliphatic heterocycles. The number of benzene rings is 1. The standard InChI is InChI=1S/C14H18N2O4/c1-15(2)13(18)9-16(3)12(17)8-10-6-4-5-7-11(10)14(19)20/h4-7H,8-9H2,1-3H3,(H,19,20). The lowest BCUT2D eigenvalue weighted by Crippen LogP contribution is -2.38. The Morgan fingerprint density at radius 3 is 2.20 bits per heavy atom. The summed E-state index contributed by atoms with van der Waals surface area (Å²) in [6.07, 6.45) is -0.0420. The highest BCUT2D eigenvalue weighted by molar-refractivity contribution is 5.92. The minimum Gasteiger partial charge on any atom is -0.478 e. The molecule has 0 saturated carbocycles. The molecule has 0 unspecified atom stereocenters. The van der Waals surface area contributed by atoms with Gasteiger partial charge >= 0.3 is 5.97 Å². The van der Waals surface area contributed by atoms with Gasteiger partial charge in [-0.25, -0.2) is 4.79 Å². The van der Waals surface area contributed by atoms with Crippen LogP contribution in [0.2, 0.25) is 0 Å². The van der Waals surface area contributed by atoms with E-state index in [0.717, 1.165) is 0 Å². The zero-order valence-corrected chi connectivity index (χ0v) is 11.8. The van der Waals surface area contributed by atoms with E-state index in [2.05, 4.69) is 0 Å². The molecule has 0 fully saturated rings. The van der Waals surface area contributed by atoms with E-state index < -0.39 is 5.97 Å². The van der Waals surface area contributed by atoms with Crippen LogP contribution in [-0.4, -0.2) is 60.4 Å². The summed E-state index contributed by atoms with van der Waals surface area (Å²) in [5.41, 5.74) is 0.544. The monoisotopic (exact) mass is 278 g/mol. The fourth-order valence-corrected chi connectivity index (χ4v) is 1.61. The van der Waals surface area contributed by atoms with Gasteiger partial charge in [-0.15, -0.1) is 0 Å². The first-order chi connectivity index (χ1) is 9.32. The van der Waals surface area contributed by atoms with Crippen molar-refractivity contribution in [3.63, 3.8) is 0 Å². The highest BCUT2D eigenvalue weighted by Crippen LogP contribution is 2.10. The van der Waals surface area contributed by atoms with Crippen molar-refractivity contribution in [2.24, 2.45) is 0 Å². The first kappa shape index (κ1) is 15.7. The maximum atomic E-state index is 12.0. The summed E-state index contributed by atoms with van der Waals surface area (Å²) in [5, 5.41) is 9.05. The van der Waals surface area contributed by atoms with E-state index in [-0.39, 0.29) is 30.3 Å². The molecule has 2 amide bonds. The van der Waals surface area contributed by atoms with Gasteiger partial charge in [0.1, 0.15) is 0 Å². The van der Waals surface area contributed by atoms with Crippen molar-refractivity contribution in [3.05, 3.63) is 35.4 Å². The molecule has 1 aromatic rings. The first-order valence-corrected chi connectivity index (χ1v) is 6.08. The minimum atomic E-state index is -1.07. The van der Waals surface area contributed by atoms with Crippen molar-refractivity contribution in [1.82, 2.24) is 9.80 Å². The maximum Gasteiger partial charge on any atom is 0.335 e. The summed E-state index contributed by atoms with van der Waals surface area (Å²) in [6.45, 7) is -0.0267. The smallest absolute Gasteiger partial charge is 0.335 e. The number of nitrogens with zero attached hydrogens (tertiary/aromatic N) is 2. The summed E-state index contributed by atoms with van der Waals surface area (Å²) in [6, 6.07) is 6.34. The van der Waals surface area contributed by atoms with Crippen molar-refractivity contribution in [2.75, 3.05) is 27.7 Å².